The van der Waals surface area contributed by atoms with Gasteiger partial charge in [0.1, 0.15) is 5.76 Å². The van der Waals surface area contributed by atoms with E-state index in [1.54, 1.807) is 6.26 Å². The molecule has 80 valence electrons. The quantitative estimate of drug-likeness (QED) is 0.799. The molecule has 0 aliphatic carbocycles. The molecule has 0 unspecified atom stereocenters. The van der Waals surface area contributed by atoms with Crippen LogP contribution in [0.15, 0.2) is 22.8 Å². The van der Waals surface area contributed by atoms with Crippen LogP contribution in [0.25, 0.3) is 0 Å². The van der Waals surface area contributed by atoms with Gasteiger partial charge in [0.2, 0.25) is 0 Å². The zero-order chi connectivity index (χ0) is 10.6. The van der Waals surface area contributed by atoms with Crippen LogP contribution in [0.4, 0.5) is 0 Å². The molecule has 2 N–H and O–H groups in total. The molecule has 1 aromatic rings. The molecule has 0 amide bonds. The molecule has 1 heterocycles. The van der Waals surface area contributed by atoms with Gasteiger partial charge in [-0.3, -0.25) is 4.90 Å². The lowest BCUT2D eigenvalue weighted by Gasteiger charge is -2.34. The summed E-state index contributed by atoms with van der Waals surface area (Å²) in [6.45, 7) is 8.96. The summed E-state index contributed by atoms with van der Waals surface area (Å²) in [5.41, 5.74) is 5.71. The molecule has 0 radical (unpaired) electrons. The van der Waals surface area contributed by atoms with Gasteiger partial charge in [-0.1, -0.05) is 0 Å². The monoisotopic (exact) mass is 196 g/mol. The highest BCUT2D eigenvalue weighted by atomic mass is 16.3. The van der Waals surface area contributed by atoms with Crippen molar-refractivity contribution in [1.29, 1.82) is 0 Å². The van der Waals surface area contributed by atoms with Crippen LogP contribution in [0.1, 0.15) is 26.5 Å². The smallest absolute Gasteiger partial charge is 0.117 e. The summed E-state index contributed by atoms with van der Waals surface area (Å²) in [5, 5.41) is 0. The van der Waals surface area contributed by atoms with E-state index >= 15 is 0 Å². The van der Waals surface area contributed by atoms with E-state index in [-0.39, 0.29) is 5.54 Å². The SMILES string of the molecule is CC(C)(C)N(CCN)Cc1ccco1. The Morgan fingerprint density at radius 3 is 2.57 bits per heavy atom. The number of furan rings is 1. The first-order valence-corrected chi connectivity index (χ1v) is 5.01. The van der Waals surface area contributed by atoms with E-state index in [2.05, 4.69) is 25.7 Å². The van der Waals surface area contributed by atoms with Crippen LogP contribution in [0.5, 0.6) is 0 Å². The first kappa shape index (κ1) is 11.3. The second kappa shape index (κ2) is 4.62. The van der Waals surface area contributed by atoms with Crippen molar-refractivity contribution in [3.63, 3.8) is 0 Å². The molecular weight excluding hydrogens is 176 g/mol. The highest BCUT2D eigenvalue weighted by molar-refractivity contribution is 4.99. The predicted molar refractivity (Wildman–Crippen MR) is 57.9 cm³/mol. The van der Waals surface area contributed by atoms with Crippen LogP contribution in [0, 0.1) is 0 Å². The van der Waals surface area contributed by atoms with E-state index in [4.69, 9.17) is 10.2 Å². The minimum atomic E-state index is 0.131. The normalized spacial score (nSPS) is 12.4. The third kappa shape index (κ3) is 3.16. The largest absolute Gasteiger partial charge is 0.468 e. The molecule has 0 atom stereocenters. The molecule has 1 aromatic heterocycles. The molecule has 0 bridgehead atoms. The molecule has 3 nitrogen and oxygen atoms in total. The van der Waals surface area contributed by atoms with E-state index in [1.807, 2.05) is 12.1 Å². The van der Waals surface area contributed by atoms with Crippen molar-refractivity contribution in [2.45, 2.75) is 32.9 Å². The molecule has 0 saturated carbocycles. The number of rotatable bonds is 4. The molecule has 1 rings (SSSR count). The maximum Gasteiger partial charge on any atom is 0.117 e. The van der Waals surface area contributed by atoms with Gasteiger partial charge in [0.05, 0.1) is 12.8 Å². The van der Waals surface area contributed by atoms with Crippen molar-refractivity contribution < 1.29 is 4.42 Å². The Balaban J connectivity index is 2.60. The van der Waals surface area contributed by atoms with Gasteiger partial charge in [0.15, 0.2) is 0 Å². The van der Waals surface area contributed by atoms with Gasteiger partial charge in [-0.15, -0.1) is 0 Å². The van der Waals surface area contributed by atoms with Crippen molar-refractivity contribution in [3.05, 3.63) is 24.2 Å². The topological polar surface area (TPSA) is 42.4 Å². The Hall–Kier alpha value is -0.800. The van der Waals surface area contributed by atoms with E-state index in [9.17, 15) is 0 Å². The Kier molecular flexibility index (Phi) is 3.72. The van der Waals surface area contributed by atoms with Crippen molar-refractivity contribution in [2.75, 3.05) is 13.1 Å². The number of hydrogen-bond acceptors (Lipinski definition) is 3. The number of nitrogens with zero attached hydrogens (tertiary/aromatic N) is 1. The molecule has 0 fully saturated rings. The minimum Gasteiger partial charge on any atom is -0.468 e. The van der Waals surface area contributed by atoms with Crippen LogP contribution in [0.3, 0.4) is 0 Å². The van der Waals surface area contributed by atoms with E-state index in [1.165, 1.54) is 0 Å². The fourth-order valence-electron chi connectivity index (χ4n) is 1.40. The zero-order valence-electron chi connectivity index (χ0n) is 9.29. The van der Waals surface area contributed by atoms with Crippen molar-refractivity contribution in [2.24, 2.45) is 5.73 Å². The van der Waals surface area contributed by atoms with Gasteiger partial charge < -0.3 is 10.2 Å². The summed E-state index contributed by atoms with van der Waals surface area (Å²) in [5.74, 6) is 0.994. The average molecular weight is 196 g/mol. The van der Waals surface area contributed by atoms with Crippen LogP contribution in [0.2, 0.25) is 0 Å². The molecule has 0 aliphatic rings. The van der Waals surface area contributed by atoms with Gasteiger partial charge >= 0.3 is 0 Å². The third-order valence-corrected chi connectivity index (χ3v) is 2.27. The molecule has 0 aromatic carbocycles. The fourth-order valence-corrected chi connectivity index (χ4v) is 1.40. The lowest BCUT2D eigenvalue weighted by Crippen LogP contribution is -2.43. The first-order valence-electron chi connectivity index (χ1n) is 5.01. The van der Waals surface area contributed by atoms with Gasteiger partial charge in [-0.05, 0) is 32.9 Å². The van der Waals surface area contributed by atoms with Crippen LogP contribution in [-0.4, -0.2) is 23.5 Å². The minimum absolute atomic E-state index is 0.131. The van der Waals surface area contributed by atoms with Crippen LogP contribution >= 0.6 is 0 Å². The Morgan fingerprint density at radius 2 is 2.14 bits per heavy atom. The number of nitrogens with two attached hydrogens (primary N) is 1. The second-order valence-corrected chi connectivity index (χ2v) is 4.46. The molecule has 0 aliphatic heterocycles. The summed E-state index contributed by atoms with van der Waals surface area (Å²) in [7, 11) is 0. The van der Waals surface area contributed by atoms with Gasteiger partial charge in [0.25, 0.3) is 0 Å². The predicted octanol–water partition coefficient (Wildman–Crippen LogP) is 1.84. The summed E-state index contributed by atoms with van der Waals surface area (Å²) in [4.78, 5) is 2.31. The lowest BCUT2D eigenvalue weighted by atomic mass is 10.1. The fraction of sp³-hybridized carbons (Fsp3) is 0.636. The Labute approximate surface area is 85.9 Å². The van der Waals surface area contributed by atoms with Crippen molar-refractivity contribution >= 4 is 0 Å². The first-order chi connectivity index (χ1) is 6.54. The molecule has 0 saturated heterocycles. The standard InChI is InChI=1S/C11H20N2O/c1-11(2,3)13(7-6-12)9-10-5-4-8-14-10/h4-5,8H,6-7,9,12H2,1-3H3. The highest BCUT2D eigenvalue weighted by Gasteiger charge is 2.21. The lowest BCUT2D eigenvalue weighted by molar-refractivity contribution is 0.122. The van der Waals surface area contributed by atoms with E-state index in [0.29, 0.717) is 6.54 Å². The second-order valence-electron chi connectivity index (χ2n) is 4.46. The van der Waals surface area contributed by atoms with E-state index < -0.39 is 0 Å². The maximum absolute atomic E-state index is 5.58. The summed E-state index contributed by atoms with van der Waals surface area (Å²) >= 11 is 0. The molecule has 0 spiro atoms. The molecular formula is C11H20N2O. The summed E-state index contributed by atoms with van der Waals surface area (Å²) in [6.07, 6.45) is 1.71. The van der Waals surface area contributed by atoms with E-state index in [0.717, 1.165) is 18.8 Å². The summed E-state index contributed by atoms with van der Waals surface area (Å²) < 4.78 is 5.32. The third-order valence-electron chi connectivity index (χ3n) is 2.27. The molecule has 3 heteroatoms. The van der Waals surface area contributed by atoms with Gasteiger partial charge in [0, 0.05) is 18.6 Å². The van der Waals surface area contributed by atoms with Crippen molar-refractivity contribution in [1.82, 2.24) is 4.90 Å². The van der Waals surface area contributed by atoms with Gasteiger partial charge in [-0.25, -0.2) is 0 Å². The Morgan fingerprint density at radius 1 is 1.43 bits per heavy atom. The maximum atomic E-state index is 5.58. The van der Waals surface area contributed by atoms with Gasteiger partial charge in [-0.2, -0.15) is 0 Å². The van der Waals surface area contributed by atoms with Crippen LogP contribution < -0.4 is 5.73 Å². The van der Waals surface area contributed by atoms with Crippen LogP contribution in [-0.2, 0) is 6.54 Å². The highest BCUT2D eigenvalue weighted by Crippen LogP contribution is 2.16. The summed E-state index contributed by atoms with van der Waals surface area (Å²) in [6, 6.07) is 3.91. The Bertz CT molecular complexity index is 249. The van der Waals surface area contributed by atoms with Crippen molar-refractivity contribution in [3.8, 4) is 0 Å². The average Bonchev–Trinajstić information content (AvgIpc) is 2.54. The number of hydrogen-bond donors (Lipinski definition) is 1. The molecule has 14 heavy (non-hydrogen) atoms. The zero-order valence-corrected chi connectivity index (χ0v) is 9.29.